The van der Waals surface area contributed by atoms with E-state index in [1.807, 2.05) is 6.92 Å². The Kier molecular flexibility index (Phi) is 3.43. The Morgan fingerprint density at radius 3 is 3.28 bits per heavy atom. The molecule has 0 aromatic carbocycles. The van der Waals surface area contributed by atoms with Gasteiger partial charge in [0, 0.05) is 19.5 Å². The highest BCUT2D eigenvalue weighted by molar-refractivity contribution is 7.07. The quantitative estimate of drug-likeness (QED) is 0.916. The molecule has 0 amide bonds. The van der Waals surface area contributed by atoms with Gasteiger partial charge in [-0.15, -0.1) is 10.2 Å². The van der Waals surface area contributed by atoms with Crippen LogP contribution in [-0.2, 0) is 19.5 Å². The Bertz CT molecular complexity index is 503. The highest BCUT2D eigenvalue weighted by atomic mass is 32.1. The molecule has 0 aliphatic carbocycles. The lowest BCUT2D eigenvalue weighted by Crippen LogP contribution is -2.30. The number of hydrogen-bond acceptors (Lipinski definition) is 4. The first-order valence-electron chi connectivity index (χ1n) is 6.43. The molecule has 4 nitrogen and oxygen atoms in total. The Morgan fingerprint density at radius 1 is 1.50 bits per heavy atom. The molecule has 1 aliphatic heterocycles. The van der Waals surface area contributed by atoms with Gasteiger partial charge in [-0.2, -0.15) is 11.3 Å². The molecular formula is C13H18N4S. The molecule has 0 spiro atoms. The van der Waals surface area contributed by atoms with E-state index in [0.29, 0.717) is 5.92 Å². The van der Waals surface area contributed by atoms with E-state index in [1.54, 1.807) is 11.3 Å². The first-order chi connectivity index (χ1) is 8.83. The van der Waals surface area contributed by atoms with Crippen molar-refractivity contribution in [2.45, 2.75) is 32.9 Å². The van der Waals surface area contributed by atoms with E-state index in [2.05, 4.69) is 36.9 Å². The molecule has 0 saturated heterocycles. The molecule has 18 heavy (non-hydrogen) atoms. The fourth-order valence-corrected chi connectivity index (χ4v) is 3.18. The van der Waals surface area contributed by atoms with Crippen LogP contribution in [0.5, 0.6) is 0 Å². The molecule has 0 radical (unpaired) electrons. The summed E-state index contributed by atoms with van der Waals surface area (Å²) < 4.78 is 2.26. The summed E-state index contributed by atoms with van der Waals surface area (Å²) in [6.45, 7) is 5.16. The minimum Gasteiger partial charge on any atom is -0.315 e. The van der Waals surface area contributed by atoms with Gasteiger partial charge in [-0.25, -0.2) is 0 Å². The lowest BCUT2D eigenvalue weighted by molar-refractivity contribution is 0.344. The molecule has 5 heteroatoms. The molecule has 2 aromatic rings. The molecule has 3 heterocycles. The van der Waals surface area contributed by atoms with Gasteiger partial charge in [-0.1, -0.05) is 0 Å². The van der Waals surface area contributed by atoms with Crippen LogP contribution in [-0.4, -0.2) is 21.3 Å². The van der Waals surface area contributed by atoms with Crippen LogP contribution < -0.4 is 5.32 Å². The predicted octanol–water partition coefficient (Wildman–Crippen LogP) is 2.00. The first-order valence-corrected chi connectivity index (χ1v) is 7.37. The summed E-state index contributed by atoms with van der Waals surface area (Å²) in [5.74, 6) is 2.90. The van der Waals surface area contributed by atoms with Gasteiger partial charge < -0.3 is 9.88 Å². The maximum Gasteiger partial charge on any atom is 0.133 e. The van der Waals surface area contributed by atoms with Crippen LogP contribution in [0.3, 0.4) is 0 Å². The number of thiophene rings is 1. The summed E-state index contributed by atoms with van der Waals surface area (Å²) in [6, 6.07) is 2.18. The molecule has 0 saturated carbocycles. The Morgan fingerprint density at radius 2 is 2.44 bits per heavy atom. The van der Waals surface area contributed by atoms with E-state index in [-0.39, 0.29) is 0 Å². The third-order valence-corrected chi connectivity index (χ3v) is 4.30. The van der Waals surface area contributed by atoms with Gasteiger partial charge in [0.1, 0.15) is 11.6 Å². The second-order valence-electron chi connectivity index (χ2n) is 4.94. The van der Waals surface area contributed by atoms with Crippen molar-refractivity contribution in [2.75, 3.05) is 6.54 Å². The molecule has 1 aliphatic rings. The molecule has 2 aromatic heterocycles. The van der Waals surface area contributed by atoms with Crippen molar-refractivity contribution in [3.05, 3.63) is 34.0 Å². The van der Waals surface area contributed by atoms with Crippen molar-refractivity contribution in [3.63, 3.8) is 0 Å². The number of rotatable bonds is 4. The van der Waals surface area contributed by atoms with Crippen LogP contribution in [0.1, 0.15) is 23.6 Å². The fraction of sp³-hybridized carbons (Fsp3) is 0.538. The summed E-state index contributed by atoms with van der Waals surface area (Å²) >= 11 is 1.76. The maximum atomic E-state index is 4.21. The summed E-state index contributed by atoms with van der Waals surface area (Å²) in [5, 5.41) is 16.2. The van der Waals surface area contributed by atoms with E-state index >= 15 is 0 Å². The normalized spacial score (nSPS) is 18.8. The van der Waals surface area contributed by atoms with Crippen LogP contribution >= 0.6 is 11.3 Å². The van der Waals surface area contributed by atoms with Crippen molar-refractivity contribution in [1.82, 2.24) is 20.1 Å². The predicted molar refractivity (Wildman–Crippen MR) is 72.6 cm³/mol. The minimum absolute atomic E-state index is 0.700. The average molecular weight is 262 g/mol. The SMILES string of the molecule is Cc1nnc2n1CC(CNCc1ccsc1)CC2. The number of fused-ring (bicyclic) bond motifs is 1. The zero-order chi connectivity index (χ0) is 12.4. The lowest BCUT2D eigenvalue weighted by Gasteiger charge is -2.24. The molecule has 1 N–H and O–H groups in total. The number of nitrogens with zero attached hydrogens (tertiary/aromatic N) is 3. The summed E-state index contributed by atoms with van der Waals surface area (Å²) in [5.41, 5.74) is 1.39. The van der Waals surface area contributed by atoms with Gasteiger partial charge in [-0.3, -0.25) is 0 Å². The van der Waals surface area contributed by atoms with E-state index in [0.717, 1.165) is 37.7 Å². The standard InChI is InChI=1S/C13H18N4S/c1-10-15-16-13-3-2-11(8-17(10)13)6-14-7-12-4-5-18-9-12/h4-5,9,11,14H,2-3,6-8H2,1H3. The van der Waals surface area contributed by atoms with Gasteiger partial charge in [0.25, 0.3) is 0 Å². The first kappa shape index (κ1) is 11.9. The molecule has 96 valence electrons. The summed E-state index contributed by atoms with van der Waals surface area (Å²) in [7, 11) is 0. The van der Waals surface area contributed by atoms with Crippen molar-refractivity contribution in [3.8, 4) is 0 Å². The third kappa shape index (κ3) is 2.47. The van der Waals surface area contributed by atoms with Gasteiger partial charge in [0.2, 0.25) is 0 Å². The second kappa shape index (κ2) is 5.20. The lowest BCUT2D eigenvalue weighted by atomic mass is 9.99. The average Bonchev–Trinajstić information content (AvgIpc) is 3.01. The smallest absolute Gasteiger partial charge is 0.133 e. The molecular weight excluding hydrogens is 244 g/mol. The van der Waals surface area contributed by atoms with Crippen molar-refractivity contribution in [1.29, 1.82) is 0 Å². The fourth-order valence-electron chi connectivity index (χ4n) is 2.51. The number of hydrogen-bond donors (Lipinski definition) is 1. The van der Waals surface area contributed by atoms with E-state index < -0.39 is 0 Å². The third-order valence-electron chi connectivity index (χ3n) is 3.57. The van der Waals surface area contributed by atoms with Crippen molar-refractivity contribution in [2.24, 2.45) is 5.92 Å². The van der Waals surface area contributed by atoms with Crippen molar-refractivity contribution < 1.29 is 0 Å². The highest BCUT2D eigenvalue weighted by Gasteiger charge is 2.20. The van der Waals surface area contributed by atoms with Gasteiger partial charge in [0.05, 0.1) is 0 Å². The molecule has 3 rings (SSSR count). The molecule has 0 fully saturated rings. The van der Waals surface area contributed by atoms with Gasteiger partial charge in [-0.05, 0) is 48.2 Å². The number of aryl methyl sites for hydroxylation is 2. The topological polar surface area (TPSA) is 42.7 Å². The minimum atomic E-state index is 0.700. The highest BCUT2D eigenvalue weighted by Crippen LogP contribution is 2.19. The van der Waals surface area contributed by atoms with Crippen LogP contribution in [0.15, 0.2) is 16.8 Å². The Labute approximate surface area is 111 Å². The van der Waals surface area contributed by atoms with Crippen LogP contribution in [0.4, 0.5) is 0 Å². The summed E-state index contributed by atoms with van der Waals surface area (Å²) in [4.78, 5) is 0. The molecule has 1 unspecified atom stereocenters. The van der Waals surface area contributed by atoms with Crippen molar-refractivity contribution >= 4 is 11.3 Å². The summed E-state index contributed by atoms with van der Waals surface area (Å²) in [6.07, 6.45) is 2.28. The zero-order valence-electron chi connectivity index (χ0n) is 10.6. The maximum absolute atomic E-state index is 4.21. The van der Waals surface area contributed by atoms with E-state index in [1.165, 1.54) is 12.0 Å². The van der Waals surface area contributed by atoms with Crippen LogP contribution in [0, 0.1) is 12.8 Å². The second-order valence-corrected chi connectivity index (χ2v) is 5.72. The van der Waals surface area contributed by atoms with E-state index in [4.69, 9.17) is 0 Å². The Balaban J connectivity index is 1.52. The number of nitrogens with one attached hydrogen (secondary N) is 1. The molecule has 1 atom stereocenters. The molecule has 0 bridgehead atoms. The number of aromatic nitrogens is 3. The Hall–Kier alpha value is -1.20. The zero-order valence-corrected chi connectivity index (χ0v) is 11.4. The largest absolute Gasteiger partial charge is 0.315 e. The van der Waals surface area contributed by atoms with E-state index in [9.17, 15) is 0 Å². The van der Waals surface area contributed by atoms with Crippen LogP contribution in [0.2, 0.25) is 0 Å². The van der Waals surface area contributed by atoms with Gasteiger partial charge in [0.15, 0.2) is 0 Å². The van der Waals surface area contributed by atoms with Gasteiger partial charge >= 0.3 is 0 Å². The van der Waals surface area contributed by atoms with Crippen LogP contribution in [0.25, 0.3) is 0 Å². The monoisotopic (exact) mass is 262 g/mol.